The molecule has 3 rings (SSSR count). The van der Waals surface area contributed by atoms with Gasteiger partial charge in [0.2, 0.25) is 5.91 Å². The molecular weight excluding hydrogens is 372 g/mol. The normalized spacial score (nSPS) is 11.5. The van der Waals surface area contributed by atoms with Gasteiger partial charge in [0.1, 0.15) is 6.04 Å². The molecule has 2 amide bonds. The number of amides is 2. The van der Waals surface area contributed by atoms with Crippen LogP contribution in [0.1, 0.15) is 32.5 Å². The highest BCUT2D eigenvalue weighted by Gasteiger charge is 2.22. The number of hydrogen-bond donors (Lipinski definition) is 2. The Bertz CT molecular complexity index is 951. The van der Waals surface area contributed by atoms with Crippen LogP contribution >= 0.6 is 11.3 Å². The second kappa shape index (κ2) is 9.10. The molecule has 1 heterocycles. The lowest BCUT2D eigenvalue weighted by atomic mass is 10.0. The monoisotopic (exact) mass is 392 g/mol. The van der Waals surface area contributed by atoms with Gasteiger partial charge < -0.3 is 10.6 Å². The molecule has 6 heteroatoms. The van der Waals surface area contributed by atoms with Crippen LogP contribution in [-0.2, 0) is 11.2 Å². The first kappa shape index (κ1) is 19.5. The SMILES string of the molecule is CC(=O)c1ccc(NC(=O)C(Cc2ccccc2)NC(=O)c2cccs2)cc1. The number of hydrogen-bond acceptors (Lipinski definition) is 4. The van der Waals surface area contributed by atoms with Gasteiger partial charge in [0.25, 0.3) is 5.91 Å². The molecule has 0 aliphatic heterocycles. The van der Waals surface area contributed by atoms with Crippen LogP contribution in [0.3, 0.4) is 0 Å². The highest BCUT2D eigenvalue weighted by Crippen LogP contribution is 2.13. The van der Waals surface area contributed by atoms with Crippen LogP contribution in [-0.4, -0.2) is 23.6 Å². The highest BCUT2D eigenvalue weighted by atomic mass is 32.1. The summed E-state index contributed by atoms with van der Waals surface area (Å²) in [6, 6.07) is 19.0. The number of Topliss-reactive ketones (excluding diaryl/α,β-unsaturated/α-hetero) is 1. The number of carbonyl (C=O) groups excluding carboxylic acids is 3. The molecule has 2 aromatic carbocycles. The van der Waals surface area contributed by atoms with Gasteiger partial charge in [0, 0.05) is 17.7 Å². The summed E-state index contributed by atoms with van der Waals surface area (Å²) in [5, 5.41) is 7.46. The Hall–Kier alpha value is -3.25. The lowest BCUT2D eigenvalue weighted by molar-refractivity contribution is -0.118. The molecule has 2 N–H and O–H groups in total. The standard InChI is InChI=1S/C22H20N2O3S/c1-15(25)17-9-11-18(12-10-17)23-21(26)19(14-16-6-3-2-4-7-16)24-22(27)20-8-5-13-28-20/h2-13,19H,14H2,1H3,(H,23,26)(H,24,27). The van der Waals surface area contributed by atoms with Crippen molar-refractivity contribution in [1.29, 1.82) is 0 Å². The summed E-state index contributed by atoms with van der Waals surface area (Å²) >= 11 is 1.32. The van der Waals surface area contributed by atoms with Crippen molar-refractivity contribution < 1.29 is 14.4 Å². The van der Waals surface area contributed by atoms with Gasteiger partial charge in [-0.15, -0.1) is 11.3 Å². The Balaban J connectivity index is 1.75. The van der Waals surface area contributed by atoms with E-state index in [1.807, 2.05) is 35.7 Å². The predicted octanol–water partition coefficient (Wildman–Crippen LogP) is 3.93. The average Bonchev–Trinajstić information content (AvgIpc) is 3.23. The minimum atomic E-state index is -0.732. The van der Waals surface area contributed by atoms with Crippen LogP contribution in [0.5, 0.6) is 0 Å². The van der Waals surface area contributed by atoms with Crippen molar-refractivity contribution in [2.24, 2.45) is 0 Å². The molecule has 0 fully saturated rings. The third kappa shape index (κ3) is 5.14. The largest absolute Gasteiger partial charge is 0.339 e. The summed E-state index contributed by atoms with van der Waals surface area (Å²) in [5.74, 6) is -0.634. The summed E-state index contributed by atoms with van der Waals surface area (Å²) < 4.78 is 0. The smallest absolute Gasteiger partial charge is 0.262 e. The molecule has 0 saturated heterocycles. The summed E-state index contributed by atoms with van der Waals surface area (Å²) in [6.07, 6.45) is 0.370. The fourth-order valence-electron chi connectivity index (χ4n) is 2.71. The summed E-state index contributed by atoms with van der Waals surface area (Å²) in [6.45, 7) is 1.49. The minimum absolute atomic E-state index is 0.0389. The van der Waals surface area contributed by atoms with Gasteiger partial charge in [0.05, 0.1) is 4.88 Å². The first-order chi connectivity index (χ1) is 13.5. The maximum absolute atomic E-state index is 12.9. The van der Waals surface area contributed by atoms with Crippen LogP contribution in [0.4, 0.5) is 5.69 Å². The highest BCUT2D eigenvalue weighted by molar-refractivity contribution is 7.12. The van der Waals surface area contributed by atoms with E-state index >= 15 is 0 Å². The van der Waals surface area contributed by atoms with Crippen molar-refractivity contribution in [3.63, 3.8) is 0 Å². The summed E-state index contributed by atoms with van der Waals surface area (Å²) in [4.78, 5) is 37.3. The van der Waals surface area contributed by atoms with Gasteiger partial charge >= 0.3 is 0 Å². The van der Waals surface area contributed by atoms with Crippen LogP contribution < -0.4 is 10.6 Å². The van der Waals surface area contributed by atoms with Crippen LogP contribution in [0.2, 0.25) is 0 Å². The van der Waals surface area contributed by atoms with E-state index in [1.165, 1.54) is 18.3 Å². The zero-order valence-electron chi connectivity index (χ0n) is 15.3. The first-order valence-corrected chi connectivity index (χ1v) is 9.71. The predicted molar refractivity (Wildman–Crippen MR) is 111 cm³/mol. The first-order valence-electron chi connectivity index (χ1n) is 8.83. The van der Waals surface area contributed by atoms with E-state index in [1.54, 1.807) is 36.4 Å². The number of nitrogens with one attached hydrogen (secondary N) is 2. The van der Waals surface area contributed by atoms with Gasteiger partial charge in [-0.25, -0.2) is 0 Å². The maximum atomic E-state index is 12.9. The average molecular weight is 392 g/mol. The summed E-state index contributed by atoms with van der Waals surface area (Å²) in [5.41, 5.74) is 2.09. The molecule has 0 radical (unpaired) electrons. The van der Waals surface area contributed by atoms with Crippen LogP contribution in [0.15, 0.2) is 72.1 Å². The topological polar surface area (TPSA) is 75.3 Å². The quantitative estimate of drug-likeness (QED) is 0.598. The van der Waals surface area contributed by atoms with Gasteiger partial charge in [-0.05, 0) is 48.2 Å². The van der Waals surface area contributed by atoms with Crippen molar-refractivity contribution >= 4 is 34.6 Å². The van der Waals surface area contributed by atoms with E-state index in [0.717, 1.165) is 5.56 Å². The number of rotatable bonds is 7. The number of anilines is 1. The molecule has 3 aromatic rings. The molecule has 1 atom stereocenters. The molecular formula is C22H20N2O3S. The Morgan fingerprint density at radius 3 is 2.25 bits per heavy atom. The van der Waals surface area contributed by atoms with E-state index < -0.39 is 6.04 Å². The van der Waals surface area contributed by atoms with E-state index in [2.05, 4.69) is 10.6 Å². The van der Waals surface area contributed by atoms with Gasteiger partial charge in [-0.2, -0.15) is 0 Å². The van der Waals surface area contributed by atoms with E-state index in [4.69, 9.17) is 0 Å². The van der Waals surface area contributed by atoms with Crippen molar-refractivity contribution in [3.8, 4) is 0 Å². The summed E-state index contributed by atoms with van der Waals surface area (Å²) in [7, 11) is 0. The fourth-order valence-corrected chi connectivity index (χ4v) is 3.34. The zero-order valence-corrected chi connectivity index (χ0v) is 16.2. The van der Waals surface area contributed by atoms with E-state index in [0.29, 0.717) is 22.5 Å². The molecule has 142 valence electrons. The Kier molecular flexibility index (Phi) is 6.34. The third-order valence-corrected chi connectivity index (χ3v) is 5.08. The van der Waals surface area contributed by atoms with Crippen molar-refractivity contribution in [2.75, 3.05) is 5.32 Å². The molecule has 28 heavy (non-hydrogen) atoms. The molecule has 0 bridgehead atoms. The maximum Gasteiger partial charge on any atom is 0.262 e. The second-order valence-corrected chi connectivity index (χ2v) is 7.26. The van der Waals surface area contributed by atoms with Gasteiger partial charge in [-0.1, -0.05) is 36.4 Å². The number of benzene rings is 2. The zero-order chi connectivity index (χ0) is 19.9. The lowest BCUT2D eigenvalue weighted by Gasteiger charge is -2.18. The Morgan fingerprint density at radius 1 is 0.929 bits per heavy atom. The molecule has 1 aromatic heterocycles. The van der Waals surface area contributed by atoms with Gasteiger partial charge in [-0.3, -0.25) is 14.4 Å². The van der Waals surface area contributed by atoms with Crippen LogP contribution in [0.25, 0.3) is 0 Å². The molecule has 0 aliphatic rings. The lowest BCUT2D eigenvalue weighted by Crippen LogP contribution is -2.45. The van der Waals surface area contributed by atoms with Crippen LogP contribution in [0, 0.1) is 0 Å². The fraction of sp³-hybridized carbons (Fsp3) is 0.136. The molecule has 0 spiro atoms. The van der Waals surface area contributed by atoms with Crippen molar-refractivity contribution in [3.05, 3.63) is 88.1 Å². The number of ketones is 1. The molecule has 0 saturated carbocycles. The molecule has 0 aliphatic carbocycles. The third-order valence-electron chi connectivity index (χ3n) is 4.21. The van der Waals surface area contributed by atoms with Crippen molar-refractivity contribution in [2.45, 2.75) is 19.4 Å². The number of carbonyl (C=O) groups is 3. The Labute approximate surface area is 167 Å². The van der Waals surface area contributed by atoms with Crippen molar-refractivity contribution in [1.82, 2.24) is 5.32 Å². The molecule has 5 nitrogen and oxygen atoms in total. The van der Waals surface area contributed by atoms with E-state index in [9.17, 15) is 14.4 Å². The molecule has 1 unspecified atom stereocenters. The Morgan fingerprint density at radius 2 is 1.64 bits per heavy atom. The van der Waals surface area contributed by atoms with Gasteiger partial charge in [0.15, 0.2) is 5.78 Å². The van der Waals surface area contributed by atoms with E-state index in [-0.39, 0.29) is 17.6 Å². The number of thiophene rings is 1. The second-order valence-electron chi connectivity index (χ2n) is 6.32. The minimum Gasteiger partial charge on any atom is -0.339 e.